The van der Waals surface area contributed by atoms with Crippen molar-refractivity contribution in [2.24, 2.45) is 0 Å². The number of carbonyl (C=O) groups is 1. The van der Waals surface area contributed by atoms with E-state index < -0.39 is 41.2 Å². The molecule has 0 bridgehead atoms. The van der Waals surface area contributed by atoms with Gasteiger partial charge in [0.15, 0.2) is 23.1 Å². The number of morpholine rings is 1. The van der Waals surface area contributed by atoms with Crippen LogP contribution in [0, 0.1) is 11.6 Å². The number of aliphatic hydroxyl groups is 2. The van der Waals surface area contributed by atoms with Crippen LogP contribution in [-0.2, 0) is 26.4 Å². The molecule has 0 aliphatic carbocycles. The lowest BCUT2D eigenvalue weighted by molar-refractivity contribution is -0.254. The standard InChI is InChI=1S/C26H23F2N3O5S/c27-17-6-15(14-5-13-3-1-2-4-20(13)37-9-16(14)22(17)28)18-7-19(32)24(33)23-25(34)30-10-26(11-35-12-26)36-8-21(30)29-31(18)23/h1-4,6-7,19,21,29,32-33H,5,8-12H2/t19?,21-/m0/s1. The Balaban J connectivity index is 1.33. The van der Waals surface area contributed by atoms with Crippen molar-refractivity contribution in [2.45, 2.75) is 34.9 Å². The molecule has 2 aromatic rings. The Morgan fingerprint density at radius 3 is 2.78 bits per heavy atom. The third kappa shape index (κ3) is 3.45. The van der Waals surface area contributed by atoms with E-state index in [0.717, 1.165) is 16.5 Å². The molecule has 5 aliphatic rings. The first kappa shape index (κ1) is 23.2. The Bertz CT molecular complexity index is 1410. The Kier molecular flexibility index (Phi) is 5.18. The van der Waals surface area contributed by atoms with Gasteiger partial charge in [-0.2, -0.15) is 0 Å². The van der Waals surface area contributed by atoms with Gasteiger partial charge >= 0.3 is 0 Å². The van der Waals surface area contributed by atoms with Gasteiger partial charge in [-0.05, 0) is 35.8 Å². The minimum absolute atomic E-state index is 0.152. The van der Waals surface area contributed by atoms with Crippen LogP contribution >= 0.6 is 11.8 Å². The molecule has 0 saturated carbocycles. The molecule has 1 spiro atoms. The van der Waals surface area contributed by atoms with Gasteiger partial charge in [-0.1, -0.05) is 18.2 Å². The number of carbonyl (C=O) groups excluding carboxylic acids is 1. The number of aliphatic hydroxyl groups excluding tert-OH is 2. The summed E-state index contributed by atoms with van der Waals surface area (Å²) in [4.78, 5) is 16.2. The van der Waals surface area contributed by atoms with Crippen molar-refractivity contribution >= 4 is 23.4 Å². The third-order valence-corrected chi connectivity index (χ3v) is 8.72. The lowest BCUT2D eigenvalue weighted by Crippen LogP contribution is -2.73. The topological polar surface area (TPSA) is 94.5 Å². The Hall–Kier alpha value is -2.96. The van der Waals surface area contributed by atoms with Gasteiger partial charge in [0.25, 0.3) is 5.91 Å². The van der Waals surface area contributed by atoms with E-state index in [2.05, 4.69) is 5.43 Å². The molecule has 7 rings (SSSR count). The van der Waals surface area contributed by atoms with Crippen molar-refractivity contribution in [1.29, 1.82) is 0 Å². The summed E-state index contributed by atoms with van der Waals surface area (Å²) in [6.45, 7) is 1.17. The summed E-state index contributed by atoms with van der Waals surface area (Å²) in [6.07, 6.45) is -0.376. The normalized spacial score (nSPS) is 26.0. The second kappa shape index (κ2) is 8.27. The number of benzene rings is 2. The summed E-state index contributed by atoms with van der Waals surface area (Å²) in [5, 5.41) is 22.9. The highest BCUT2D eigenvalue weighted by Gasteiger charge is 2.52. The maximum atomic E-state index is 15.1. The van der Waals surface area contributed by atoms with Crippen LogP contribution in [0.1, 0.15) is 22.3 Å². The fourth-order valence-corrected chi connectivity index (χ4v) is 6.68. The summed E-state index contributed by atoms with van der Waals surface area (Å²) in [7, 11) is 0. The molecule has 0 aromatic heterocycles. The zero-order valence-electron chi connectivity index (χ0n) is 19.5. The average Bonchev–Trinajstić information content (AvgIpc) is 3.07. The molecule has 2 atom stereocenters. The van der Waals surface area contributed by atoms with Gasteiger partial charge in [-0.25, -0.2) is 14.2 Å². The number of hydrazine groups is 1. The first-order chi connectivity index (χ1) is 17.8. The number of rotatable bonds is 1. The number of fused-ring (bicyclic) bond motifs is 4. The van der Waals surface area contributed by atoms with Gasteiger partial charge < -0.3 is 24.6 Å². The van der Waals surface area contributed by atoms with Crippen molar-refractivity contribution in [2.75, 3.05) is 26.4 Å². The first-order valence-corrected chi connectivity index (χ1v) is 13.0. The molecule has 3 fully saturated rings. The molecular weight excluding hydrogens is 504 g/mol. The molecule has 0 radical (unpaired) electrons. The van der Waals surface area contributed by atoms with Gasteiger partial charge in [0.2, 0.25) is 0 Å². The average molecular weight is 528 g/mol. The molecule has 5 heterocycles. The van der Waals surface area contributed by atoms with E-state index >= 15 is 4.39 Å². The number of thioether (sulfide) groups is 1. The van der Waals surface area contributed by atoms with Crippen LogP contribution in [0.2, 0.25) is 0 Å². The van der Waals surface area contributed by atoms with Gasteiger partial charge in [-0.15, -0.1) is 11.8 Å². The summed E-state index contributed by atoms with van der Waals surface area (Å²) in [5.41, 5.74) is 4.85. The molecule has 1 amide bonds. The fourth-order valence-electron chi connectivity index (χ4n) is 5.58. The predicted molar refractivity (Wildman–Crippen MR) is 129 cm³/mol. The van der Waals surface area contributed by atoms with E-state index in [4.69, 9.17) is 9.47 Å². The van der Waals surface area contributed by atoms with Crippen LogP contribution in [0.25, 0.3) is 5.70 Å². The maximum absolute atomic E-state index is 15.1. The minimum atomic E-state index is -1.50. The zero-order chi connectivity index (χ0) is 25.5. The molecule has 3 N–H and O–H groups in total. The van der Waals surface area contributed by atoms with Crippen LogP contribution < -0.4 is 5.43 Å². The number of amides is 1. The van der Waals surface area contributed by atoms with Crippen LogP contribution in [0.3, 0.4) is 0 Å². The molecular formula is C26H23F2N3O5S. The van der Waals surface area contributed by atoms with Crippen molar-refractivity contribution < 1.29 is 33.3 Å². The van der Waals surface area contributed by atoms with E-state index in [1.54, 1.807) is 4.90 Å². The molecule has 1 unspecified atom stereocenters. The van der Waals surface area contributed by atoms with E-state index in [9.17, 15) is 19.4 Å². The van der Waals surface area contributed by atoms with Crippen molar-refractivity contribution in [3.8, 4) is 0 Å². The van der Waals surface area contributed by atoms with Gasteiger partial charge in [-0.3, -0.25) is 9.80 Å². The maximum Gasteiger partial charge on any atom is 0.277 e. The Morgan fingerprint density at radius 2 is 2.00 bits per heavy atom. The molecule has 192 valence electrons. The Morgan fingerprint density at radius 1 is 1.19 bits per heavy atom. The van der Waals surface area contributed by atoms with Gasteiger partial charge in [0.05, 0.1) is 32.1 Å². The number of nitrogens with one attached hydrogen (secondary N) is 1. The zero-order valence-corrected chi connectivity index (χ0v) is 20.4. The number of ether oxygens (including phenoxy) is 2. The lowest BCUT2D eigenvalue weighted by atomic mass is 9.90. The smallest absolute Gasteiger partial charge is 0.277 e. The Labute approximate surface area is 215 Å². The van der Waals surface area contributed by atoms with Crippen molar-refractivity contribution in [1.82, 2.24) is 15.3 Å². The number of hydrogen-bond acceptors (Lipinski definition) is 8. The van der Waals surface area contributed by atoms with Crippen LogP contribution in [0.4, 0.5) is 8.78 Å². The predicted octanol–water partition coefficient (Wildman–Crippen LogP) is 2.42. The number of halogens is 2. The van der Waals surface area contributed by atoms with Crippen LogP contribution in [-0.4, -0.2) is 70.3 Å². The minimum Gasteiger partial charge on any atom is -0.507 e. The highest BCUT2D eigenvalue weighted by Crippen LogP contribution is 2.42. The monoisotopic (exact) mass is 527 g/mol. The fraction of sp³-hybridized carbons (Fsp3) is 0.346. The van der Waals surface area contributed by atoms with Gasteiger partial charge in [0, 0.05) is 21.8 Å². The summed E-state index contributed by atoms with van der Waals surface area (Å²) >= 11 is 1.44. The van der Waals surface area contributed by atoms with E-state index in [1.807, 2.05) is 24.3 Å². The summed E-state index contributed by atoms with van der Waals surface area (Å²) in [5.74, 6) is -2.70. The van der Waals surface area contributed by atoms with Crippen molar-refractivity contribution in [3.05, 3.63) is 81.8 Å². The SMILES string of the molecule is O=C1C2=C(O)C(O)C=C(c3cc(F)c(F)c4c3Cc3ccccc3SC4)N2N[C@@H]2COC3(COC3)CN12. The number of hydrogen-bond donors (Lipinski definition) is 3. The second-order valence-corrected chi connectivity index (χ2v) is 10.9. The molecule has 2 aromatic carbocycles. The largest absolute Gasteiger partial charge is 0.507 e. The van der Waals surface area contributed by atoms with Crippen LogP contribution in [0.5, 0.6) is 0 Å². The highest BCUT2D eigenvalue weighted by atomic mass is 32.2. The van der Waals surface area contributed by atoms with Crippen molar-refractivity contribution in [3.63, 3.8) is 0 Å². The highest BCUT2D eigenvalue weighted by molar-refractivity contribution is 7.98. The number of nitrogens with zero attached hydrogens (tertiary/aromatic N) is 2. The summed E-state index contributed by atoms with van der Waals surface area (Å²) in [6, 6.07) is 8.80. The van der Waals surface area contributed by atoms with E-state index in [1.165, 1.54) is 22.8 Å². The molecule has 37 heavy (non-hydrogen) atoms. The van der Waals surface area contributed by atoms with Crippen LogP contribution in [0.15, 0.2) is 52.8 Å². The third-order valence-electron chi connectivity index (χ3n) is 7.58. The first-order valence-electron chi connectivity index (χ1n) is 12.0. The molecule has 5 aliphatic heterocycles. The second-order valence-electron chi connectivity index (χ2n) is 9.88. The van der Waals surface area contributed by atoms with E-state index in [-0.39, 0.29) is 35.9 Å². The summed E-state index contributed by atoms with van der Waals surface area (Å²) < 4.78 is 41.3. The quantitative estimate of drug-likeness (QED) is 0.521. The lowest BCUT2D eigenvalue weighted by Gasteiger charge is -2.54. The molecule has 8 nitrogen and oxygen atoms in total. The van der Waals surface area contributed by atoms with Gasteiger partial charge in [0.1, 0.15) is 17.9 Å². The van der Waals surface area contributed by atoms with E-state index in [0.29, 0.717) is 30.8 Å². The molecule has 11 heteroatoms. The molecule has 3 saturated heterocycles.